The molecule has 29 heavy (non-hydrogen) atoms. The molecule has 10 nitrogen and oxygen atoms in total. The molecule has 156 valence electrons. The fourth-order valence-corrected chi connectivity index (χ4v) is 3.66. The number of guanidine groups is 1. The van der Waals surface area contributed by atoms with Gasteiger partial charge in [-0.3, -0.25) is 14.9 Å². The van der Waals surface area contributed by atoms with Crippen molar-refractivity contribution in [3.63, 3.8) is 0 Å². The van der Waals surface area contributed by atoms with Crippen LogP contribution in [-0.4, -0.2) is 89.3 Å². The number of H-pyrrole nitrogens is 1. The van der Waals surface area contributed by atoms with Crippen LogP contribution in [0.15, 0.2) is 27.8 Å². The van der Waals surface area contributed by atoms with Gasteiger partial charge in [0.1, 0.15) is 11.9 Å². The summed E-state index contributed by atoms with van der Waals surface area (Å²) in [6, 6.07) is 3.64. The van der Waals surface area contributed by atoms with E-state index >= 15 is 0 Å². The van der Waals surface area contributed by atoms with Crippen molar-refractivity contribution in [1.82, 2.24) is 30.3 Å². The number of aromatic nitrogens is 3. The van der Waals surface area contributed by atoms with E-state index in [1.165, 1.54) is 0 Å². The van der Waals surface area contributed by atoms with Gasteiger partial charge in [-0.25, -0.2) is 4.98 Å². The van der Waals surface area contributed by atoms with Gasteiger partial charge in [0.2, 0.25) is 5.82 Å². The van der Waals surface area contributed by atoms with Crippen LogP contribution in [0.4, 0.5) is 0 Å². The van der Waals surface area contributed by atoms with Crippen LogP contribution in [0.2, 0.25) is 0 Å². The third-order valence-corrected chi connectivity index (χ3v) is 5.23. The summed E-state index contributed by atoms with van der Waals surface area (Å²) in [6.07, 6.45) is 3.86. The van der Waals surface area contributed by atoms with Crippen molar-refractivity contribution in [1.29, 1.82) is 0 Å². The number of aliphatic imine (C=N–C) groups is 1. The molecule has 2 aliphatic heterocycles. The second-order valence-electron chi connectivity index (χ2n) is 7.12. The first-order valence-electron chi connectivity index (χ1n) is 10.1. The zero-order chi connectivity index (χ0) is 20.1. The SMILES string of the molecule is CN=C(NCCc1nc(-c2ccco2)n[nH]1)N1CCN(C(=O)C2CCCO2)CC1. The summed E-state index contributed by atoms with van der Waals surface area (Å²) in [5.41, 5.74) is 0. The molecule has 0 aliphatic carbocycles. The molecule has 0 radical (unpaired) electrons. The summed E-state index contributed by atoms with van der Waals surface area (Å²) in [5.74, 6) is 2.95. The Balaban J connectivity index is 1.22. The topological polar surface area (TPSA) is 112 Å². The Hall–Kier alpha value is -2.88. The number of nitrogens with zero attached hydrogens (tertiary/aromatic N) is 5. The van der Waals surface area contributed by atoms with Crippen molar-refractivity contribution in [2.24, 2.45) is 4.99 Å². The number of hydrogen-bond donors (Lipinski definition) is 2. The lowest BCUT2D eigenvalue weighted by atomic mass is 10.2. The molecule has 0 bridgehead atoms. The average molecular weight is 401 g/mol. The second-order valence-corrected chi connectivity index (χ2v) is 7.12. The van der Waals surface area contributed by atoms with Gasteiger partial charge in [0, 0.05) is 52.8 Å². The number of furan rings is 1. The highest BCUT2D eigenvalue weighted by atomic mass is 16.5. The standard InChI is InChI=1S/C19H27N7O3/c1-20-19(21-7-6-16-22-17(24-23-16)14-4-2-12-28-14)26-10-8-25(9-11-26)18(27)15-5-3-13-29-15/h2,4,12,15H,3,5-11,13H2,1H3,(H,20,21)(H,22,23,24). The van der Waals surface area contributed by atoms with Gasteiger partial charge in [-0.2, -0.15) is 5.10 Å². The van der Waals surface area contributed by atoms with E-state index in [1.807, 2.05) is 17.0 Å². The summed E-state index contributed by atoms with van der Waals surface area (Å²) in [7, 11) is 1.77. The maximum atomic E-state index is 12.5. The van der Waals surface area contributed by atoms with Gasteiger partial charge < -0.3 is 24.3 Å². The van der Waals surface area contributed by atoms with Crippen LogP contribution in [0.5, 0.6) is 0 Å². The Kier molecular flexibility index (Phi) is 6.09. The molecule has 0 aromatic carbocycles. The number of rotatable bonds is 5. The molecular formula is C19H27N7O3. The third-order valence-electron chi connectivity index (χ3n) is 5.23. The second kappa shape index (κ2) is 9.08. The van der Waals surface area contributed by atoms with Crippen molar-refractivity contribution in [3.05, 3.63) is 24.2 Å². The molecule has 0 saturated carbocycles. The van der Waals surface area contributed by atoms with Crippen LogP contribution < -0.4 is 5.32 Å². The predicted octanol–water partition coefficient (Wildman–Crippen LogP) is 0.506. The Morgan fingerprint density at radius 1 is 1.34 bits per heavy atom. The number of piperazine rings is 1. The van der Waals surface area contributed by atoms with Gasteiger partial charge in [0.15, 0.2) is 11.7 Å². The van der Waals surface area contributed by atoms with Crippen molar-refractivity contribution < 1.29 is 13.9 Å². The van der Waals surface area contributed by atoms with Crippen LogP contribution in [0.1, 0.15) is 18.7 Å². The maximum Gasteiger partial charge on any atom is 0.251 e. The highest BCUT2D eigenvalue weighted by molar-refractivity contribution is 5.82. The highest BCUT2D eigenvalue weighted by Crippen LogP contribution is 2.16. The molecule has 1 amide bonds. The molecule has 4 rings (SSSR count). The van der Waals surface area contributed by atoms with E-state index in [-0.39, 0.29) is 12.0 Å². The summed E-state index contributed by atoms with van der Waals surface area (Å²) < 4.78 is 10.8. The molecule has 2 aliphatic rings. The van der Waals surface area contributed by atoms with Gasteiger partial charge in [0.05, 0.1) is 6.26 Å². The minimum absolute atomic E-state index is 0.128. The van der Waals surface area contributed by atoms with Gasteiger partial charge in [-0.1, -0.05) is 0 Å². The number of nitrogens with one attached hydrogen (secondary N) is 2. The van der Waals surface area contributed by atoms with E-state index < -0.39 is 0 Å². The van der Waals surface area contributed by atoms with Crippen LogP contribution >= 0.6 is 0 Å². The minimum atomic E-state index is -0.244. The lowest BCUT2D eigenvalue weighted by molar-refractivity contribution is -0.142. The minimum Gasteiger partial charge on any atom is -0.461 e. The smallest absolute Gasteiger partial charge is 0.251 e. The fraction of sp³-hybridized carbons (Fsp3) is 0.579. The largest absolute Gasteiger partial charge is 0.461 e. The average Bonchev–Trinajstić information content (AvgIpc) is 3.53. The Morgan fingerprint density at radius 2 is 2.17 bits per heavy atom. The lowest BCUT2D eigenvalue weighted by Gasteiger charge is -2.37. The molecular weight excluding hydrogens is 374 g/mol. The normalized spacial score (nSPS) is 20.3. The van der Waals surface area contributed by atoms with Crippen LogP contribution in [0.25, 0.3) is 11.6 Å². The third kappa shape index (κ3) is 4.58. The number of amides is 1. The van der Waals surface area contributed by atoms with E-state index in [9.17, 15) is 4.79 Å². The van der Waals surface area contributed by atoms with Crippen molar-refractivity contribution in [2.45, 2.75) is 25.4 Å². The van der Waals surface area contributed by atoms with Crippen molar-refractivity contribution >= 4 is 11.9 Å². The number of carbonyl (C=O) groups is 1. The van der Waals surface area contributed by atoms with Gasteiger partial charge in [-0.15, -0.1) is 0 Å². The molecule has 0 spiro atoms. The highest BCUT2D eigenvalue weighted by Gasteiger charge is 2.30. The molecule has 1 unspecified atom stereocenters. The van der Waals surface area contributed by atoms with Crippen molar-refractivity contribution in [3.8, 4) is 11.6 Å². The van der Waals surface area contributed by atoms with E-state index in [2.05, 4.69) is 30.4 Å². The molecule has 2 aromatic rings. The summed E-state index contributed by atoms with van der Waals surface area (Å²) in [5, 5.41) is 10.5. The maximum absolute atomic E-state index is 12.5. The van der Waals surface area contributed by atoms with Crippen LogP contribution in [-0.2, 0) is 16.0 Å². The molecule has 10 heteroatoms. The van der Waals surface area contributed by atoms with Crippen LogP contribution in [0.3, 0.4) is 0 Å². The Labute approximate surface area is 169 Å². The zero-order valence-corrected chi connectivity index (χ0v) is 16.6. The first kappa shape index (κ1) is 19.4. The Bertz CT molecular complexity index is 819. The molecule has 1 atom stereocenters. The van der Waals surface area contributed by atoms with E-state index in [1.54, 1.807) is 13.3 Å². The fourth-order valence-electron chi connectivity index (χ4n) is 3.66. The molecule has 2 N–H and O–H groups in total. The van der Waals surface area contributed by atoms with E-state index in [0.717, 1.165) is 37.7 Å². The number of hydrogen-bond acceptors (Lipinski definition) is 6. The Morgan fingerprint density at radius 3 is 2.86 bits per heavy atom. The number of ether oxygens (including phenoxy) is 1. The van der Waals surface area contributed by atoms with Gasteiger partial charge in [-0.05, 0) is 25.0 Å². The summed E-state index contributed by atoms with van der Waals surface area (Å²) >= 11 is 0. The number of aromatic amines is 1. The van der Waals surface area contributed by atoms with E-state index in [0.29, 0.717) is 44.2 Å². The predicted molar refractivity (Wildman–Crippen MR) is 106 cm³/mol. The first-order valence-corrected chi connectivity index (χ1v) is 10.1. The zero-order valence-electron chi connectivity index (χ0n) is 16.6. The molecule has 4 heterocycles. The number of carbonyl (C=O) groups excluding carboxylic acids is 1. The van der Waals surface area contributed by atoms with E-state index in [4.69, 9.17) is 9.15 Å². The monoisotopic (exact) mass is 401 g/mol. The summed E-state index contributed by atoms with van der Waals surface area (Å²) in [4.78, 5) is 25.4. The molecule has 2 aromatic heterocycles. The quantitative estimate of drug-likeness (QED) is 0.554. The first-order chi connectivity index (χ1) is 14.2. The van der Waals surface area contributed by atoms with Gasteiger partial charge >= 0.3 is 0 Å². The molecule has 2 saturated heterocycles. The lowest BCUT2D eigenvalue weighted by Crippen LogP contribution is -2.55. The van der Waals surface area contributed by atoms with Crippen LogP contribution in [0, 0.1) is 0 Å². The summed E-state index contributed by atoms with van der Waals surface area (Å²) in [6.45, 7) is 4.25. The van der Waals surface area contributed by atoms with Gasteiger partial charge in [0.25, 0.3) is 5.91 Å². The van der Waals surface area contributed by atoms with Crippen molar-refractivity contribution in [2.75, 3.05) is 46.4 Å². The molecule has 2 fully saturated rings.